The minimum atomic E-state index is -1.43. The Morgan fingerprint density at radius 2 is 2.55 bits per heavy atom. The van der Waals surface area contributed by atoms with Crippen molar-refractivity contribution in [1.29, 1.82) is 0 Å². The molecule has 1 atom stereocenters. The SMILES string of the molecule is COC1=N/C(=N\N)C(F)C=N1. The fraction of sp³-hybridized carbons (Fsp3) is 0.400. The molecule has 1 aliphatic heterocycles. The van der Waals surface area contributed by atoms with Crippen LogP contribution in [0.25, 0.3) is 0 Å². The van der Waals surface area contributed by atoms with Crippen LogP contribution in [0.2, 0.25) is 0 Å². The Kier molecular flexibility index (Phi) is 2.15. The van der Waals surface area contributed by atoms with Crippen LogP contribution < -0.4 is 5.84 Å². The molecule has 5 nitrogen and oxygen atoms in total. The molecule has 0 bridgehead atoms. The number of amidine groups is 2. The summed E-state index contributed by atoms with van der Waals surface area (Å²) in [6.45, 7) is 0. The molecule has 0 aromatic heterocycles. The van der Waals surface area contributed by atoms with Gasteiger partial charge >= 0.3 is 6.02 Å². The molecule has 0 spiro atoms. The molecule has 0 radical (unpaired) electrons. The van der Waals surface area contributed by atoms with Crippen molar-refractivity contribution >= 4 is 18.1 Å². The molecule has 0 amide bonds. The van der Waals surface area contributed by atoms with Crippen molar-refractivity contribution in [3.63, 3.8) is 0 Å². The third-order valence-corrected chi connectivity index (χ3v) is 1.09. The summed E-state index contributed by atoms with van der Waals surface area (Å²) in [7, 11) is 1.38. The quantitative estimate of drug-likeness (QED) is 0.387. The van der Waals surface area contributed by atoms with Gasteiger partial charge < -0.3 is 10.6 Å². The van der Waals surface area contributed by atoms with Crippen molar-refractivity contribution in [2.75, 3.05) is 7.11 Å². The van der Waals surface area contributed by atoms with E-state index in [9.17, 15) is 4.39 Å². The molecule has 1 heterocycles. The Labute approximate surface area is 62.5 Å². The molecule has 0 saturated carbocycles. The lowest BCUT2D eigenvalue weighted by molar-refractivity contribution is 0.395. The molecule has 0 aromatic carbocycles. The lowest BCUT2D eigenvalue weighted by Crippen LogP contribution is -2.23. The summed E-state index contributed by atoms with van der Waals surface area (Å²) in [5, 5.41) is 3.11. The number of hydrazone groups is 1. The van der Waals surface area contributed by atoms with E-state index in [2.05, 4.69) is 19.8 Å². The standard InChI is InChI=1S/C5H7FN4O/c1-11-5-8-2-3(6)4(9-5)10-7/h2-3H,7H2,1H3/b10-4-. The maximum atomic E-state index is 12.6. The Morgan fingerprint density at radius 1 is 1.82 bits per heavy atom. The normalized spacial score (nSPS) is 26.9. The third kappa shape index (κ3) is 1.51. The number of alkyl halides is 1. The van der Waals surface area contributed by atoms with E-state index in [1.165, 1.54) is 7.11 Å². The maximum Gasteiger partial charge on any atom is 0.317 e. The van der Waals surface area contributed by atoms with E-state index in [-0.39, 0.29) is 11.9 Å². The van der Waals surface area contributed by atoms with Gasteiger partial charge in [0.25, 0.3) is 0 Å². The van der Waals surface area contributed by atoms with Crippen molar-refractivity contribution in [2.24, 2.45) is 20.9 Å². The number of hydrogen-bond acceptors (Lipinski definition) is 4. The minimum Gasteiger partial charge on any atom is -0.467 e. The zero-order chi connectivity index (χ0) is 8.27. The zero-order valence-electron chi connectivity index (χ0n) is 5.86. The summed E-state index contributed by atoms with van der Waals surface area (Å²) in [4.78, 5) is 7.06. The number of ether oxygens (including phenoxy) is 1. The van der Waals surface area contributed by atoms with E-state index in [4.69, 9.17) is 5.84 Å². The van der Waals surface area contributed by atoms with E-state index in [1.807, 2.05) is 0 Å². The van der Waals surface area contributed by atoms with Gasteiger partial charge in [0.15, 0.2) is 12.0 Å². The van der Waals surface area contributed by atoms with E-state index in [0.29, 0.717) is 0 Å². The van der Waals surface area contributed by atoms with Crippen LogP contribution in [-0.2, 0) is 4.74 Å². The van der Waals surface area contributed by atoms with Crippen molar-refractivity contribution in [3.8, 4) is 0 Å². The van der Waals surface area contributed by atoms with Gasteiger partial charge in [-0.15, -0.1) is 0 Å². The summed E-state index contributed by atoms with van der Waals surface area (Å²) in [5.74, 6) is 4.71. The molecule has 1 aliphatic rings. The predicted molar refractivity (Wildman–Crippen MR) is 39.5 cm³/mol. The molecule has 0 saturated heterocycles. The molecule has 1 unspecified atom stereocenters. The van der Waals surface area contributed by atoms with Crippen molar-refractivity contribution < 1.29 is 9.13 Å². The van der Waals surface area contributed by atoms with E-state index in [0.717, 1.165) is 6.21 Å². The maximum absolute atomic E-state index is 12.6. The summed E-state index contributed by atoms with van der Waals surface area (Å²) in [6, 6.07) is 0.0584. The monoisotopic (exact) mass is 158 g/mol. The smallest absolute Gasteiger partial charge is 0.317 e. The molecule has 1 rings (SSSR count). The summed E-state index contributed by atoms with van der Waals surface area (Å²) in [5.41, 5.74) is 0. The average molecular weight is 158 g/mol. The second-order valence-electron chi connectivity index (χ2n) is 1.77. The first-order valence-electron chi connectivity index (χ1n) is 2.86. The molecule has 6 heteroatoms. The zero-order valence-corrected chi connectivity index (χ0v) is 5.86. The highest BCUT2D eigenvalue weighted by Crippen LogP contribution is 2.00. The number of nitrogens with zero attached hydrogens (tertiary/aromatic N) is 3. The molecule has 11 heavy (non-hydrogen) atoms. The highest BCUT2D eigenvalue weighted by molar-refractivity contribution is 6.10. The highest BCUT2D eigenvalue weighted by atomic mass is 19.1. The van der Waals surface area contributed by atoms with Gasteiger partial charge in [-0.25, -0.2) is 9.38 Å². The fourth-order valence-corrected chi connectivity index (χ4v) is 0.583. The van der Waals surface area contributed by atoms with Crippen LogP contribution in [0.1, 0.15) is 0 Å². The van der Waals surface area contributed by atoms with Crippen LogP contribution in [0.3, 0.4) is 0 Å². The number of rotatable bonds is 0. The Bertz CT molecular complexity index is 235. The van der Waals surface area contributed by atoms with Crippen LogP contribution in [0, 0.1) is 0 Å². The molecule has 0 aromatic rings. The van der Waals surface area contributed by atoms with Crippen LogP contribution >= 0.6 is 0 Å². The van der Waals surface area contributed by atoms with Crippen LogP contribution in [0.4, 0.5) is 4.39 Å². The topological polar surface area (TPSA) is 72.3 Å². The Balaban J connectivity index is 2.84. The Morgan fingerprint density at radius 3 is 3.09 bits per heavy atom. The van der Waals surface area contributed by atoms with Gasteiger partial charge in [-0.05, 0) is 0 Å². The Hall–Kier alpha value is -1.46. The molecule has 0 aliphatic carbocycles. The summed E-state index contributed by atoms with van der Waals surface area (Å²) >= 11 is 0. The number of nitrogens with two attached hydrogens (primary N) is 1. The largest absolute Gasteiger partial charge is 0.467 e. The van der Waals surface area contributed by atoms with E-state index in [1.54, 1.807) is 0 Å². The first-order valence-corrected chi connectivity index (χ1v) is 2.86. The lowest BCUT2D eigenvalue weighted by atomic mass is 10.4. The molecule has 0 fully saturated rings. The second kappa shape index (κ2) is 3.09. The number of hydrogen-bond donors (Lipinski definition) is 1. The van der Waals surface area contributed by atoms with Crippen molar-refractivity contribution in [2.45, 2.75) is 6.17 Å². The van der Waals surface area contributed by atoms with E-state index >= 15 is 0 Å². The first-order chi connectivity index (χ1) is 5.27. The van der Waals surface area contributed by atoms with Crippen LogP contribution in [-0.4, -0.2) is 31.4 Å². The summed E-state index contributed by atoms with van der Waals surface area (Å²) < 4.78 is 17.3. The van der Waals surface area contributed by atoms with Crippen LogP contribution in [0.15, 0.2) is 15.1 Å². The number of methoxy groups -OCH3 is 1. The first kappa shape index (κ1) is 7.64. The molecular formula is C5H7FN4O. The minimum absolute atomic E-state index is 0.0584. The molecular weight excluding hydrogens is 151 g/mol. The summed E-state index contributed by atoms with van der Waals surface area (Å²) in [6.07, 6.45) is -0.406. The highest BCUT2D eigenvalue weighted by Gasteiger charge is 2.17. The predicted octanol–water partition coefficient (Wildman–Crippen LogP) is -0.317. The average Bonchev–Trinajstić information content (AvgIpc) is 2.05. The third-order valence-electron chi connectivity index (χ3n) is 1.09. The van der Waals surface area contributed by atoms with Crippen molar-refractivity contribution in [1.82, 2.24) is 0 Å². The van der Waals surface area contributed by atoms with Gasteiger partial charge in [0.2, 0.25) is 0 Å². The number of halogens is 1. The van der Waals surface area contributed by atoms with Crippen LogP contribution in [0.5, 0.6) is 0 Å². The molecule has 2 N–H and O–H groups in total. The fourth-order valence-electron chi connectivity index (χ4n) is 0.583. The lowest BCUT2D eigenvalue weighted by Gasteiger charge is -2.07. The van der Waals surface area contributed by atoms with Gasteiger partial charge in [0, 0.05) is 0 Å². The van der Waals surface area contributed by atoms with E-state index < -0.39 is 6.17 Å². The number of aliphatic imine (C=N–C) groups is 2. The van der Waals surface area contributed by atoms with Gasteiger partial charge in [-0.1, -0.05) is 0 Å². The van der Waals surface area contributed by atoms with Gasteiger partial charge in [-0.3, -0.25) is 0 Å². The van der Waals surface area contributed by atoms with Gasteiger partial charge in [0.1, 0.15) is 0 Å². The second-order valence-corrected chi connectivity index (χ2v) is 1.77. The van der Waals surface area contributed by atoms with Gasteiger partial charge in [-0.2, -0.15) is 10.1 Å². The van der Waals surface area contributed by atoms with Crippen molar-refractivity contribution in [3.05, 3.63) is 0 Å². The molecule has 60 valence electrons. The van der Waals surface area contributed by atoms with Gasteiger partial charge in [0.05, 0.1) is 13.3 Å².